The van der Waals surface area contributed by atoms with Crippen molar-refractivity contribution in [3.8, 4) is 5.75 Å². The number of halogens is 1. The van der Waals surface area contributed by atoms with Gasteiger partial charge in [0.2, 0.25) is 0 Å². The van der Waals surface area contributed by atoms with Crippen LogP contribution in [0.5, 0.6) is 5.75 Å². The second-order valence-corrected chi connectivity index (χ2v) is 5.63. The SMILES string of the molecule is CCCCC(CC)C(NCCC)c1ccc(OC)cc1F. The van der Waals surface area contributed by atoms with Crippen molar-refractivity contribution in [3.05, 3.63) is 29.6 Å². The van der Waals surface area contributed by atoms with Crippen LogP contribution in [0.15, 0.2) is 18.2 Å². The molecule has 1 aromatic rings. The summed E-state index contributed by atoms with van der Waals surface area (Å²) in [7, 11) is 1.57. The van der Waals surface area contributed by atoms with E-state index in [0.29, 0.717) is 11.7 Å². The standard InChI is InChI=1S/C18H30FNO/c1-5-8-9-14(7-3)18(20-12-6-2)16-11-10-15(21-4)13-17(16)19/h10-11,13-14,18,20H,5-9,12H2,1-4H3. The van der Waals surface area contributed by atoms with E-state index < -0.39 is 0 Å². The van der Waals surface area contributed by atoms with Crippen LogP contribution in [-0.2, 0) is 0 Å². The molecule has 0 radical (unpaired) electrons. The number of nitrogens with one attached hydrogen (secondary N) is 1. The van der Waals surface area contributed by atoms with E-state index in [-0.39, 0.29) is 11.9 Å². The minimum atomic E-state index is -0.169. The Morgan fingerprint density at radius 2 is 1.95 bits per heavy atom. The summed E-state index contributed by atoms with van der Waals surface area (Å²) in [6, 6.07) is 5.30. The van der Waals surface area contributed by atoms with Crippen molar-refractivity contribution in [1.29, 1.82) is 0 Å². The number of unbranched alkanes of at least 4 members (excludes halogenated alkanes) is 1. The molecule has 120 valence electrons. The molecule has 0 heterocycles. The monoisotopic (exact) mass is 295 g/mol. The lowest BCUT2D eigenvalue weighted by Gasteiger charge is -2.28. The third-order valence-corrected chi connectivity index (χ3v) is 4.08. The van der Waals surface area contributed by atoms with Gasteiger partial charge >= 0.3 is 0 Å². The van der Waals surface area contributed by atoms with Crippen LogP contribution in [0.4, 0.5) is 4.39 Å². The quantitative estimate of drug-likeness (QED) is 0.649. The minimum absolute atomic E-state index is 0.0902. The number of benzene rings is 1. The molecule has 0 aliphatic rings. The van der Waals surface area contributed by atoms with Gasteiger partial charge in [0.1, 0.15) is 11.6 Å². The van der Waals surface area contributed by atoms with E-state index >= 15 is 0 Å². The predicted molar refractivity (Wildman–Crippen MR) is 87.3 cm³/mol. The average molecular weight is 295 g/mol. The number of hydrogen-bond acceptors (Lipinski definition) is 2. The van der Waals surface area contributed by atoms with Crippen molar-refractivity contribution in [2.45, 2.75) is 58.9 Å². The largest absolute Gasteiger partial charge is 0.497 e. The van der Waals surface area contributed by atoms with Crippen molar-refractivity contribution in [1.82, 2.24) is 5.32 Å². The summed E-state index contributed by atoms with van der Waals surface area (Å²) in [6.07, 6.45) is 5.63. The molecular formula is C18H30FNO. The zero-order valence-corrected chi connectivity index (χ0v) is 13.9. The summed E-state index contributed by atoms with van der Waals surface area (Å²) >= 11 is 0. The van der Waals surface area contributed by atoms with E-state index in [1.54, 1.807) is 7.11 Å². The molecule has 0 aromatic heterocycles. The zero-order valence-electron chi connectivity index (χ0n) is 13.9. The summed E-state index contributed by atoms with van der Waals surface area (Å²) in [5.41, 5.74) is 0.771. The molecule has 0 saturated carbocycles. The fourth-order valence-electron chi connectivity index (χ4n) is 2.79. The van der Waals surface area contributed by atoms with E-state index in [9.17, 15) is 4.39 Å². The Bertz CT molecular complexity index is 408. The summed E-state index contributed by atoms with van der Waals surface area (Å²) in [5.74, 6) is 0.879. The summed E-state index contributed by atoms with van der Waals surface area (Å²) in [4.78, 5) is 0. The first kappa shape index (κ1) is 18.0. The fourth-order valence-corrected chi connectivity index (χ4v) is 2.79. The van der Waals surface area contributed by atoms with Gasteiger partial charge in [-0.15, -0.1) is 0 Å². The van der Waals surface area contributed by atoms with Gasteiger partial charge in [0, 0.05) is 17.7 Å². The maximum Gasteiger partial charge on any atom is 0.131 e. The molecule has 2 unspecified atom stereocenters. The van der Waals surface area contributed by atoms with E-state index in [1.165, 1.54) is 18.9 Å². The highest BCUT2D eigenvalue weighted by molar-refractivity contribution is 5.31. The Morgan fingerprint density at radius 3 is 2.48 bits per heavy atom. The maximum atomic E-state index is 14.4. The zero-order chi connectivity index (χ0) is 15.7. The maximum absolute atomic E-state index is 14.4. The van der Waals surface area contributed by atoms with E-state index in [1.807, 2.05) is 12.1 Å². The third-order valence-electron chi connectivity index (χ3n) is 4.08. The lowest BCUT2D eigenvalue weighted by atomic mass is 9.86. The molecule has 1 aromatic carbocycles. The molecule has 1 rings (SSSR count). The normalized spacial score (nSPS) is 14.0. The molecule has 0 aliphatic heterocycles. The van der Waals surface area contributed by atoms with Gasteiger partial charge in [-0.3, -0.25) is 0 Å². The van der Waals surface area contributed by atoms with Crippen LogP contribution in [0.1, 0.15) is 64.5 Å². The lowest BCUT2D eigenvalue weighted by molar-refractivity contribution is 0.315. The predicted octanol–water partition coefficient (Wildman–Crippen LogP) is 5.09. The number of ether oxygens (including phenoxy) is 1. The molecular weight excluding hydrogens is 265 g/mol. The van der Waals surface area contributed by atoms with Crippen LogP contribution in [0, 0.1) is 11.7 Å². The number of rotatable bonds is 10. The average Bonchev–Trinajstić information content (AvgIpc) is 2.51. The van der Waals surface area contributed by atoms with Crippen LogP contribution < -0.4 is 10.1 Å². The molecule has 21 heavy (non-hydrogen) atoms. The first-order chi connectivity index (χ1) is 10.2. The van der Waals surface area contributed by atoms with Crippen LogP contribution in [0.3, 0.4) is 0 Å². The van der Waals surface area contributed by atoms with Crippen LogP contribution in [-0.4, -0.2) is 13.7 Å². The molecule has 0 saturated heterocycles. The van der Waals surface area contributed by atoms with Crippen molar-refractivity contribution >= 4 is 0 Å². The van der Waals surface area contributed by atoms with Crippen molar-refractivity contribution < 1.29 is 9.13 Å². The topological polar surface area (TPSA) is 21.3 Å². The van der Waals surface area contributed by atoms with Gasteiger partial charge in [0.05, 0.1) is 7.11 Å². The van der Waals surface area contributed by atoms with Gasteiger partial charge in [-0.1, -0.05) is 46.1 Å². The highest BCUT2D eigenvalue weighted by Crippen LogP contribution is 2.32. The summed E-state index contributed by atoms with van der Waals surface area (Å²) < 4.78 is 19.5. The van der Waals surface area contributed by atoms with Crippen molar-refractivity contribution in [3.63, 3.8) is 0 Å². The Balaban J connectivity index is 2.99. The third kappa shape index (κ3) is 5.31. The van der Waals surface area contributed by atoms with Gasteiger partial charge in [-0.05, 0) is 31.4 Å². The smallest absolute Gasteiger partial charge is 0.131 e. The van der Waals surface area contributed by atoms with E-state index in [4.69, 9.17) is 4.74 Å². The molecule has 0 bridgehead atoms. The summed E-state index contributed by atoms with van der Waals surface area (Å²) in [5, 5.41) is 3.54. The van der Waals surface area contributed by atoms with Crippen LogP contribution in [0.25, 0.3) is 0 Å². The number of hydrogen-bond donors (Lipinski definition) is 1. The number of methoxy groups -OCH3 is 1. The first-order valence-corrected chi connectivity index (χ1v) is 8.24. The van der Waals surface area contributed by atoms with Crippen LogP contribution >= 0.6 is 0 Å². The molecule has 2 atom stereocenters. The van der Waals surface area contributed by atoms with E-state index in [0.717, 1.165) is 31.4 Å². The lowest BCUT2D eigenvalue weighted by Crippen LogP contribution is -2.29. The molecule has 0 fully saturated rings. The molecule has 0 spiro atoms. The van der Waals surface area contributed by atoms with Gasteiger partial charge < -0.3 is 10.1 Å². The van der Waals surface area contributed by atoms with Crippen molar-refractivity contribution in [2.24, 2.45) is 5.92 Å². The van der Waals surface area contributed by atoms with Gasteiger partial charge in [-0.25, -0.2) is 4.39 Å². The Kier molecular flexibility index (Phi) is 8.36. The molecule has 0 amide bonds. The Morgan fingerprint density at radius 1 is 1.19 bits per heavy atom. The van der Waals surface area contributed by atoms with Gasteiger partial charge in [0.25, 0.3) is 0 Å². The second kappa shape index (κ2) is 9.78. The highest BCUT2D eigenvalue weighted by Gasteiger charge is 2.23. The molecule has 1 N–H and O–H groups in total. The molecule has 2 nitrogen and oxygen atoms in total. The second-order valence-electron chi connectivity index (χ2n) is 5.63. The van der Waals surface area contributed by atoms with Gasteiger partial charge in [-0.2, -0.15) is 0 Å². The van der Waals surface area contributed by atoms with Crippen LogP contribution in [0.2, 0.25) is 0 Å². The minimum Gasteiger partial charge on any atom is -0.497 e. The fraction of sp³-hybridized carbons (Fsp3) is 0.667. The van der Waals surface area contributed by atoms with Crippen molar-refractivity contribution in [2.75, 3.05) is 13.7 Å². The molecule has 0 aliphatic carbocycles. The Hall–Kier alpha value is -1.09. The van der Waals surface area contributed by atoms with E-state index in [2.05, 4.69) is 26.1 Å². The van der Waals surface area contributed by atoms with Gasteiger partial charge in [0.15, 0.2) is 0 Å². The Labute approximate surface area is 129 Å². The first-order valence-electron chi connectivity index (χ1n) is 8.24. The highest BCUT2D eigenvalue weighted by atomic mass is 19.1. The molecule has 3 heteroatoms. The summed E-state index contributed by atoms with van der Waals surface area (Å²) in [6.45, 7) is 7.46.